The molecule has 0 saturated heterocycles. The molecule has 0 bridgehead atoms. The summed E-state index contributed by atoms with van der Waals surface area (Å²) in [7, 11) is 0. The summed E-state index contributed by atoms with van der Waals surface area (Å²) < 4.78 is 31.7. The van der Waals surface area contributed by atoms with Crippen LogP contribution in [0.4, 0.5) is 8.78 Å². The first-order chi connectivity index (χ1) is 10.1. The molecule has 0 aliphatic carbocycles. The molecule has 0 spiro atoms. The topological polar surface area (TPSA) is 41.5 Å². The van der Waals surface area contributed by atoms with E-state index in [0.29, 0.717) is 6.61 Å². The Bertz CT molecular complexity index is 402. The van der Waals surface area contributed by atoms with Crippen molar-refractivity contribution in [1.29, 1.82) is 0 Å². The second kappa shape index (κ2) is 10.7. The summed E-state index contributed by atoms with van der Waals surface area (Å²) in [5.74, 6) is -0.922. The monoisotopic (exact) mass is 301 g/mol. The first kappa shape index (κ1) is 18.0. The van der Waals surface area contributed by atoms with E-state index in [1.807, 2.05) is 0 Å². The summed E-state index contributed by atoms with van der Waals surface area (Å²) in [6.07, 6.45) is 3.88. The lowest BCUT2D eigenvalue weighted by atomic mass is 10.2. The van der Waals surface area contributed by atoms with E-state index in [4.69, 9.17) is 4.74 Å². The molecule has 1 aromatic rings. The molecule has 0 saturated carbocycles. The van der Waals surface area contributed by atoms with Crippen LogP contribution in [0.3, 0.4) is 0 Å². The quantitative estimate of drug-likeness (QED) is 0.617. The minimum Gasteiger partial charge on any atom is -0.389 e. The van der Waals surface area contributed by atoms with E-state index < -0.39 is 17.7 Å². The van der Waals surface area contributed by atoms with Crippen molar-refractivity contribution in [3.05, 3.63) is 35.4 Å². The van der Waals surface area contributed by atoms with Gasteiger partial charge in [-0.3, -0.25) is 0 Å². The van der Waals surface area contributed by atoms with E-state index in [9.17, 15) is 13.9 Å². The van der Waals surface area contributed by atoms with E-state index in [2.05, 4.69) is 12.2 Å². The Labute approximate surface area is 125 Å². The lowest BCUT2D eigenvalue weighted by Gasteiger charge is -2.12. The summed E-state index contributed by atoms with van der Waals surface area (Å²) in [6, 6.07) is 3.33. The largest absolute Gasteiger partial charge is 0.389 e. The molecule has 0 radical (unpaired) electrons. The van der Waals surface area contributed by atoms with Gasteiger partial charge in [0.2, 0.25) is 0 Å². The number of unbranched alkanes of at least 4 members (excludes halogenated alkanes) is 3. The van der Waals surface area contributed by atoms with Crippen LogP contribution in [0.25, 0.3) is 0 Å². The van der Waals surface area contributed by atoms with Gasteiger partial charge in [-0.15, -0.1) is 0 Å². The van der Waals surface area contributed by atoms with E-state index in [-0.39, 0.29) is 25.3 Å². The lowest BCUT2D eigenvalue weighted by Crippen LogP contribution is -2.30. The zero-order valence-electron chi connectivity index (χ0n) is 12.6. The van der Waals surface area contributed by atoms with Crippen LogP contribution < -0.4 is 5.32 Å². The van der Waals surface area contributed by atoms with Gasteiger partial charge >= 0.3 is 0 Å². The van der Waals surface area contributed by atoms with Crippen molar-refractivity contribution in [2.75, 3.05) is 19.8 Å². The molecule has 3 nitrogen and oxygen atoms in total. The first-order valence-electron chi connectivity index (χ1n) is 7.54. The third-order valence-corrected chi connectivity index (χ3v) is 3.16. The maximum atomic E-state index is 13.4. The maximum absolute atomic E-state index is 13.4. The summed E-state index contributed by atoms with van der Waals surface area (Å²) in [6.45, 7) is 3.51. The Morgan fingerprint density at radius 1 is 1.24 bits per heavy atom. The highest BCUT2D eigenvalue weighted by atomic mass is 19.1. The number of halogens is 2. The molecule has 0 heterocycles. The third kappa shape index (κ3) is 8.09. The predicted molar refractivity (Wildman–Crippen MR) is 79.0 cm³/mol. The van der Waals surface area contributed by atoms with Crippen LogP contribution in [0.2, 0.25) is 0 Å². The van der Waals surface area contributed by atoms with E-state index in [0.717, 1.165) is 31.0 Å². The van der Waals surface area contributed by atoms with Crippen LogP contribution in [-0.2, 0) is 11.3 Å². The summed E-state index contributed by atoms with van der Waals surface area (Å²) in [4.78, 5) is 0. The number of nitrogens with one attached hydrogen (secondary N) is 1. The molecule has 1 atom stereocenters. The Balaban J connectivity index is 2.10. The number of hydrogen-bond donors (Lipinski definition) is 2. The molecule has 0 aliphatic heterocycles. The van der Waals surface area contributed by atoms with Crippen molar-refractivity contribution >= 4 is 0 Å². The van der Waals surface area contributed by atoms with E-state index in [1.165, 1.54) is 12.8 Å². The van der Waals surface area contributed by atoms with Crippen molar-refractivity contribution in [2.24, 2.45) is 0 Å². The zero-order valence-corrected chi connectivity index (χ0v) is 12.6. The fourth-order valence-corrected chi connectivity index (χ4v) is 1.96. The Kier molecular flexibility index (Phi) is 9.14. The Morgan fingerprint density at radius 3 is 2.81 bits per heavy atom. The summed E-state index contributed by atoms with van der Waals surface area (Å²) in [5.41, 5.74) is 0.252. The smallest absolute Gasteiger partial charge is 0.127 e. The Hall–Kier alpha value is -1.04. The molecule has 0 fully saturated rings. The van der Waals surface area contributed by atoms with Gasteiger partial charge in [0.1, 0.15) is 11.6 Å². The number of ether oxygens (including phenoxy) is 1. The maximum Gasteiger partial charge on any atom is 0.127 e. The van der Waals surface area contributed by atoms with Gasteiger partial charge in [-0.05, 0) is 24.6 Å². The van der Waals surface area contributed by atoms with Crippen LogP contribution in [0.1, 0.15) is 38.2 Å². The highest BCUT2D eigenvalue weighted by Gasteiger charge is 2.06. The molecule has 0 amide bonds. The lowest BCUT2D eigenvalue weighted by molar-refractivity contribution is 0.0353. The van der Waals surface area contributed by atoms with Gasteiger partial charge in [-0.25, -0.2) is 8.78 Å². The first-order valence-corrected chi connectivity index (χ1v) is 7.54. The molecular formula is C16H25F2NO2. The number of aliphatic hydroxyl groups excluding tert-OH is 1. The molecular weight excluding hydrogens is 276 g/mol. The molecule has 1 aromatic carbocycles. The van der Waals surface area contributed by atoms with E-state index in [1.54, 1.807) is 0 Å². The van der Waals surface area contributed by atoms with Gasteiger partial charge in [0.05, 0.1) is 12.7 Å². The third-order valence-electron chi connectivity index (χ3n) is 3.16. The van der Waals surface area contributed by atoms with Crippen molar-refractivity contribution < 1.29 is 18.6 Å². The van der Waals surface area contributed by atoms with Crippen molar-refractivity contribution in [3.63, 3.8) is 0 Å². The van der Waals surface area contributed by atoms with Crippen molar-refractivity contribution in [1.82, 2.24) is 5.32 Å². The highest BCUT2D eigenvalue weighted by molar-refractivity contribution is 5.18. The number of benzene rings is 1. The second-order valence-electron chi connectivity index (χ2n) is 5.16. The normalized spacial score (nSPS) is 12.6. The zero-order chi connectivity index (χ0) is 15.5. The summed E-state index contributed by atoms with van der Waals surface area (Å²) in [5, 5.41) is 12.6. The van der Waals surface area contributed by atoms with Gasteiger partial charge in [-0.1, -0.05) is 26.2 Å². The second-order valence-corrected chi connectivity index (χ2v) is 5.16. The number of aliphatic hydroxyl groups is 1. The average molecular weight is 301 g/mol. The molecule has 1 unspecified atom stereocenters. The Morgan fingerprint density at radius 2 is 2.05 bits per heavy atom. The standard InChI is InChI=1S/C16H25F2NO2/c1-2-3-4-5-8-21-12-15(20)11-19-10-13-9-14(17)6-7-16(13)18/h6-7,9,15,19-20H,2-5,8,10-12H2,1H3. The minimum atomic E-state index is -0.646. The molecule has 120 valence electrons. The van der Waals surface area contributed by atoms with Crippen LogP contribution in [0.15, 0.2) is 18.2 Å². The number of rotatable bonds is 11. The van der Waals surface area contributed by atoms with Gasteiger partial charge in [0.15, 0.2) is 0 Å². The molecule has 1 rings (SSSR count). The number of hydrogen-bond acceptors (Lipinski definition) is 3. The fraction of sp³-hybridized carbons (Fsp3) is 0.625. The molecule has 5 heteroatoms. The van der Waals surface area contributed by atoms with Crippen LogP contribution in [0.5, 0.6) is 0 Å². The fourth-order valence-electron chi connectivity index (χ4n) is 1.96. The molecule has 0 aliphatic rings. The van der Waals surface area contributed by atoms with Gasteiger partial charge < -0.3 is 15.2 Å². The average Bonchev–Trinajstić information content (AvgIpc) is 2.46. The van der Waals surface area contributed by atoms with Crippen LogP contribution in [0, 0.1) is 11.6 Å². The van der Waals surface area contributed by atoms with E-state index >= 15 is 0 Å². The van der Waals surface area contributed by atoms with Crippen LogP contribution in [-0.4, -0.2) is 31.0 Å². The predicted octanol–water partition coefficient (Wildman–Crippen LogP) is 3.01. The molecule has 0 aromatic heterocycles. The molecule has 2 N–H and O–H groups in total. The van der Waals surface area contributed by atoms with Crippen LogP contribution >= 0.6 is 0 Å². The van der Waals surface area contributed by atoms with Gasteiger partial charge in [-0.2, -0.15) is 0 Å². The van der Waals surface area contributed by atoms with Crippen molar-refractivity contribution in [3.8, 4) is 0 Å². The van der Waals surface area contributed by atoms with Crippen molar-refractivity contribution in [2.45, 2.75) is 45.3 Å². The van der Waals surface area contributed by atoms with Gasteiger partial charge in [0, 0.05) is 25.3 Å². The van der Waals surface area contributed by atoms with Gasteiger partial charge in [0.25, 0.3) is 0 Å². The highest BCUT2D eigenvalue weighted by Crippen LogP contribution is 2.09. The minimum absolute atomic E-state index is 0.178. The molecule has 21 heavy (non-hydrogen) atoms. The summed E-state index contributed by atoms with van der Waals surface area (Å²) >= 11 is 0. The SMILES string of the molecule is CCCCCCOCC(O)CNCc1cc(F)ccc1F.